The summed E-state index contributed by atoms with van der Waals surface area (Å²) in [6.45, 7) is 4.53. The molecular formula is C20H17N3O2S. The van der Waals surface area contributed by atoms with E-state index < -0.39 is 0 Å². The molecule has 0 saturated heterocycles. The number of ether oxygens (including phenoxy) is 1. The Balaban J connectivity index is 1.81. The van der Waals surface area contributed by atoms with Crippen molar-refractivity contribution in [1.82, 2.24) is 14.6 Å². The van der Waals surface area contributed by atoms with Crippen molar-refractivity contribution in [2.75, 3.05) is 6.61 Å². The van der Waals surface area contributed by atoms with Crippen LogP contribution in [0.1, 0.15) is 18.1 Å². The fraction of sp³-hybridized carbons (Fsp3) is 0.150. The van der Waals surface area contributed by atoms with Gasteiger partial charge in [-0.25, -0.2) is 0 Å². The molecule has 6 heteroatoms. The van der Waals surface area contributed by atoms with Crippen LogP contribution >= 0.6 is 11.3 Å². The van der Waals surface area contributed by atoms with E-state index in [4.69, 9.17) is 4.74 Å². The molecule has 0 unspecified atom stereocenters. The molecule has 0 N–H and O–H groups in total. The largest absolute Gasteiger partial charge is 0.493 e. The standard InChI is InChI=1S/C20H17N3O2S/c1-3-25-16-10-5-4-8-14(16)12-17-19(24)23-20(26-17)21-18(22-23)15-9-6-7-13(2)11-15/h4-12H,3H2,1-2H3/b17-12+. The van der Waals surface area contributed by atoms with Crippen LogP contribution in [0.2, 0.25) is 0 Å². The lowest BCUT2D eigenvalue weighted by atomic mass is 10.1. The average Bonchev–Trinajstić information content (AvgIpc) is 3.17. The molecule has 2 heterocycles. The van der Waals surface area contributed by atoms with Gasteiger partial charge in [-0.1, -0.05) is 53.3 Å². The molecule has 0 aliphatic carbocycles. The number of benzene rings is 2. The van der Waals surface area contributed by atoms with Gasteiger partial charge in [0.1, 0.15) is 5.75 Å². The van der Waals surface area contributed by atoms with Gasteiger partial charge in [-0.15, -0.1) is 5.10 Å². The monoisotopic (exact) mass is 363 g/mol. The first-order valence-electron chi connectivity index (χ1n) is 8.36. The second-order valence-corrected chi connectivity index (χ2v) is 6.90. The van der Waals surface area contributed by atoms with Gasteiger partial charge in [0.15, 0.2) is 5.82 Å². The molecule has 0 aliphatic heterocycles. The number of fused-ring (bicyclic) bond motifs is 1. The predicted octanol–water partition coefficient (Wildman–Crippen LogP) is 3.07. The van der Waals surface area contributed by atoms with Gasteiger partial charge >= 0.3 is 0 Å². The molecule has 0 amide bonds. The molecule has 0 fully saturated rings. The number of nitrogens with zero attached hydrogens (tertiary/aromatic N) is 3. The second-order valence-electron chi connectivity index (χ2n) is 5.89. The Bertz CT molecular complexity index is 1190. The van der Waals surface area contributed by atoms with Crippen molar-refractivity contribution < 1.29 is 4.74 Å². The number of hydrogen-bond donors (Lipinski definition) is 0. The van der Waals surface area contributed by atoms with E-state index >= 15 is 0 Å². The molecule has 0 saturated carbocycles. The van der Waals surface area contributed by atoms with Gasteiger partial charge in [0.2, 0.25) is 4.96 Å². The van der Waals surface area contributed by atoms with Crippen molar-refractivity contribution in [3.63, 3.8) is 0 Å². The summed E-state index contributed by atoms with van der Waals surface area (Å²) in [5.74, 6) is 1.33. The van der Waals surface area contributed by atoms with Crippen LogP contribution in [0, 0.1) is 6.92 Å². The zero-order valence-electron chi connectivity index (χ0n) is 14.5. The van der Waals surface area contributed by atoms with Crippen molar-refractivity contribution in [3.8, 4) is 17.1 Å². The van der Waals surface area contributed by atoms with Crippen LogP contribution in [0.15, 0.2) is 53.3 Å². The van der Waals surface area contributed by atoms with Gasteiger partial charge in [0, 0.05) is 11.1 Å². The molecule has 4 aromatic rings. The third-order valence-corrected chi connectivity index (χ3v) is 4.92. The number of aryl methyl sites for hydroxylation is 1. The van der Waals surface area contributed by atoms with Crippen LogP contribution in [0.5, 0.6) is 5.75 Å². The van der Waals surface area contributed by atoms with Crippen LogP contribution < -0.4 is 14.8 Å². The molecule has 2 aromatic heterocycles. The minimum Gasteiger partial charge on any atom is -0.493 e. The minimum atomic E-state index is -0.164. The van der Waals surface area contributed by atoms with Crippen LogP contribution in [0.3, 0.4) is 0 Å². The normalized spacial score (nSPS) is 12.0. The lowest BCUT2D eigenvalue weighted by Crippen LogP contribution is -2.23. The van der Waals surface area contributed by atoms with E-state index in [1.54, 1.807) is 0 Å². The summed E-state index contributed by atoms with van der Waals surface area (Å²) in [6.07, 6.45) is 1.83. The van der Waals surface area contributed by atoms with E-state index in [9.17, 15) is 4.79 Å². The molecule has 0 aliphatic rings. The van der Waals surface area contributed by atoms with Gasteiger partial charge in [-0.2, -0.15) is 9.50 Å². The Hall–Kier alpha value is -2.99. The molecular weight excluding hydrogens is 346 g/mol. The zero-order chi connectivity index (χ0) is 18.1. The summed E-state index contributed by atoms with van der Waals surface area (Å²) >= 11 is 1.33. The lowest BCUT2D eigenvalue weighted by molar-refractivity contribution is 0.339. The number of aromatic nitrogens is 3. The third-order valence-electron chi connectivity index (χ3n) is 3.96. The highest BCUT2D eigenvalue weighted by Crippen LogP contribution is 2.20. The Kier molecular flexibility index (Phi) is 4.26. The summed E-state index contributed by atoms with van der Waals surface area (Å²) in [4.78, 5) is 17.8. The fourth-order valence-corrected chi connectivity index (χ4v) is 3.67. The number of para-hydroxylation sites is 1. The predicted molar refractivity (Wildman–Crippen MR) is 104 cm³/mol. The first-order chi connectivity index (χ1) is 12.7. The molecule has 130 valence electrons. The third kappa shape index (κ3) is 2.99. The minimum absolute atomic E-state index is 0.164. The molecule has 26 heavy (non-hydrogen) atoms. The lowest BCUT2D eigenvalue weighted by Gasteiger charge is -2.05. The summed E-state index contributed by atoms with van der Waals surface area (Å²) in [7, 11) is 0. The van der Waals surface area contributed by atoms with E-state index in [1.807, 2.05) is 68.5 Å². The fourth-order valence-electron chi connectivity index (χ4n) is 2.77. The number of hydrogen-bond acceptors (Lipinski definition) is 5. The Labute approximate surface area is 154 Å². The summed E-state index contributed by atoms with van der Waals surface area (Å²) < 4.78 is 7.58. The Morgan fingerprint density at radius 3 is 2.81 bits per heavy atom. The first-order valence-corrected chi connectivity index (χ1v) is 9.17. The van der Waals surface area contributed by atoms with Crippen molar-refractivity contribution in [2.45, 2.75) is 13.8 Å². The van der Waals surface area contributed by atoms with E-state index in [0.717, 1.165) is 22.4 Å². The van der Waals surface area contributed by atoms with Crippen molar-refractivity contribution >= 4 is 22.4 Å². The van der Waals surface area contributed by atoms with Crippen molar-refractivity contribution in [2.24, 2.45) is 0 Å². The average molecular weight is 363 g/mol. The SMILES string of the molecule is CCOc1ccccc1/C=c1/sc2nc(-c3cccc(C)c3)nn2c1=O. The van der Waals surface area contributed by atoms with E-state index in [0.29, 0.717) is 21.9 Å². The van der Waals surface area contributed by atoms with Gasteiger partial charge in [0.25, 0.3) is 5.56 Å². The maximum atomic E-state index is 12.7. The maximum Gasteiger partial charge on any atom is 0.291 e. The summed E-state index contributed by atoms with van der Waals surface area (Å²) in [5.41, 5.74) is 2.75. The molecule has 2 aromatic carbocycles. The van der Waals surface area contributed by atoms with Crippen LogP contribution in [0.4, 0.5) is 0 Å². The quantitative estimate of drug-likeness (QED) is 0.559. The summed E-state index contributed by atoms with van der Waals surface area (Å²) in [5, 5.41) is 4.40. The number of rotatable bonds is 4. The van der Waals surface area contributed by atoms with Crippen molar-refractivity contribution in [1.29, 1.82) is 0 Å². The zero-order valence-corrected chi connectivity index (χ0v) is 15.3. The summed E-state index contributed by atoms with van der Waals surface area (Å²) in [6, 6.07) is 15.6. The molecule has 0 atom stereocenters. The van der Waals surface area contributed by atoms with E-state index in [1.165, 1.54) is 15.9 Å². The molecule has 0 spiro atoms. The maximum absolute atomic E-state index is 12.7. The van der Waals surface area contributed by atoms with Crippen LogP contribution in [0.25, 0.3) is 22.4 Å². The van der Waals surface area contributed by atoms with Gasteiger partial charge < -0.3 is 4.74 Å². The first kappa shape index (κ1) is 16.5. The van der Waals surface area contributed by atoms with Crippen LogP contribution in [-0.2, 0) is 0 Å². The molecule has 5 nitrogen and oxygen atoms in total. The van der Waals surface area contributed by atoms with E-state index in [-0.39, 0.29) is 5.56 Å². The molecule has 0 bridgehead atoms. The highest BCUT2D eigenvalue weighted by atomic mass is 32.1. The second kappa shape index (κ2) is 6.72. The van der Waals surface area contributed by atoms with Crippen LogP contribution in [-0.4, -0.2) is 21.2 Å². The highest BCUT2D eigenvalue weighted by Gasteiger charge is 2.12. The Morgan fingerprint density at radius 1 is 1.19 bits per heavy atom. The smallest absolute Gasteiger partial charge is 0.291 e. The highest BCUT2D eigenvalue weighted by molar-refractivity contribution is 7.15. The van der Waals surface area contributed by atoms with Crippen molar-refractivity contribution in [3.05, 3.63) is 74.5 Å². The Morgan fingerprint density at radius 2 is 2.04 bits per heavy atom. The van der Waals surface area contributed by atoms with Gasteiger partial charge in [-0.05, 0) is 32.1 Å². The molecule has 4 rings (SSSR count). The topological polar surface area (TPSA) is 56.5 Å². The molecule has 0 radical (unpaired) electrons. The number of thiazole rings is 1. The van der Waals surface area contributed by atoms with Gasteiger partial charge in [-0.3, -0.25) is 4.79 Å². The van der Waals surface area contributed by atoms with E-state index in [2.05, 4.69) is 10.1 Å². The van der Waals surface area contributed by atoms with Gasteiger partial charge in [0.05, 0.1) is 11.1 Å².